The molecule has 0 bridgehead atoms. The van der Waals surface area contributed by atoms with Crippen molar-refractivity contribution in [3.05, 3.63) is 69.1 Å². The van der Waals surface area contributed by atoms with Crippen molar-refractivity contribution in [1.29, 1.82) is 0 Å². The van der Waals surface area contributed by atoms with Crippen LogP contribution in [0.1, 0.15) is 21.1 Å². The molecular weight excluding hydrogens is 284 g/mol. The molecule has 2 aromatic heterocycles. The van der Waals surface area contributed by atoms with Gasteiger partial charge in [0.15, 0.2) is 5.82 Å². The van der Waals surface area contributed by atoms with Gasteiger partial charge >= 0.3 is 0 Å². The molecule has 2 heterocycles. The average Bonchev–Trinajstić information content (AvgIpc) is 2.87. The maximum absolute atomic E-state index is 12.1. The number of benzene rings is 1. The Balaban J connectivity index is 1.95. The van der Waals surface area contributed by atoms with Gasteiger partial charge in [-0.15, -0.1) is 11.3 Å². The third-order valence-electron chi connectivity index (χ3n) is 2.99. The zero-order chi connectivity index (χ0) is 14.8. The fraction of sp³-hybridized carbons (Fsp3) is 0.0625. The molecule has 0 aliphatic rings. The number of nitrogens with one attached hydrogen (secondary N) is 1. The van der Waals surface area contributed by atoms with Crippen molar-refractivity contribution in [3.63, 3.8) is 0 Å². The maximum atomic E-state index is 12.1. The summed E-state index contributed by atoms with van der Waals surface area (Å²) in [6.07, 6.45) is 3.12. The van der Waals surface area contributed by atoms with Crippen molar-refractivity contribution >= 4 is 33.4 Å². The van der Waals surface area contributed by atoms with E-state index in [1.807, 2.05) is 37.3 Å². The molecule has 3 rings (SSSR count). The smallest absolute Gasteiger partial charge is 0.260 e. The fourth-order valence-corrected chi connectivity index (χ4v) is 2.86. The van der Waals surface area contributed by atoms with E-state index in [-0.39, 0.29) is 17.2 Å². The quantitative estimate of drug-likeness (QED) is 0.596. The molecular formula is C16H12N2O2S. The molecule has 0 aliphatic heterocycles. The molecule has 1 aromatic carbocycles. The summed E-state index contributed by atoms with van der Waals surface area (Å²) in [5.41, 5.74) is 0.641. The Hall–Kier alpha value is -2.53. The first-order valence-electron chi connectivity index (χ1n) is 6.41. The predicted molar refractivity (Wildman–Crippen MR) is 84.8 cm³/mol. The molecule has 21 heavy (non-hydrogen) atoms. The minimum atomic E-state index is -0.316. The highest BCUT2D eigenvalue weighted by Gasteiger charge is 2.10. The van der Waals surface area contributed by atoms with Crippen LogP contribution in [0.3, 0.4) is 0 Å². The van der Waals surface area contributed by atoms with Crippen LogP contribution in [-0.4, -0.2) is 15.8 Å². The number of hydrogen-bond acceptors (Lipinski definition) is 4. The molecule has 5 heteroatoms. The van der Waals surface area contributed by atoms with E-state index in [0.717, 1.165) is 10.4 Å². The summed E-state index contributed by atoms with van der Waals surface area (Å²) >= 11 is 1.40. The molecule has 1 N–H and O–H groups in total. The highest BCUT2D eigenvalue weighted by molar-refractivity contribution is 7.18. The van der Waals surface area contributed by atoms with Gasteiger partial charge in [-0.3, -0.25) is 9.59 Å². The predicted octanol–water partition coefficient (Wildman–Crippen LogP) is 3.19. The van der Waals surface area contributed by atoms with E-state index in [1.54, 1.807) is 12.1 Å². The van der Waals surface area contributed by atoms with Gasteiger partial charge in [-0.25, -0.2) is 4.98 Å². The summed E-state index contributed by atoms with van der Waals surface area (Å²) < 4.78 is 0. The van der Waals surface area contributed by atoms with Gasteiger partial charge in [0.2, 0.25) is 5.78 Å². The van der Waals surface area contributed by atoms with Crippen LogP contribution in [-0.2, 0) is 0 Å². The minimum Gasteiger partial charge on any atom is -0.303 e. The standard InChI is InChI=1S/C16H12N2O2S/c1-10-9-12-15(20)17-14(18-16(12)21-10)13(19)8-7-11-5-3-2-4-6-11/h2-9H,1H3,(H,17,18,20)/b8-7+. The van der Waals surface area contributed by atoms with Crippen molar-refractivity contribution in [2.45, 2.75) is 6.92 Å². The molecule has 0 spiro atoms. The number of nitrogens with zero attached hydrogens (tertiary/aromatic N) is 1. The Morgan fingerprint density at radius 3 is 2.81 bits per heavy atom. The number of carbonyl (C=O) groups excluding carboxylic acids is 1. The number of aromatic amines is 1. The van der Waals surface area contributed by atoms with Crippen molar-refractivity contribution in [2.75, 3.05) is 0 Å². The van der Waals surface area contributed by atoms with Gasteiger partial charge in [-0.05, 0) is 24.6 Å². The number of allylic oxidation sites excluding steroid dienone is 1. The highest BCUT2D eigenvalue weighted by atomic mass is 32.1. The van der Waals surface area contributed by atoms with Crippen LogP contribution in [0, 0.1) is 6.92 Å². The summed E-state index contributed by atoms with van der Waals surface area (Å²) in [5, 5.41) is 0.529. The lowest BCUT2D eigenvalue weighted by Gasteiger charge is -1.96. The third kappa shape index (κ3) is 2.83. The lowest BCUT2D eigenvalue weighted by molar-refractivity contribution is 0.103. The molecule has 0 radical (unpaired) electrons. The van der Waals surface area contributed by atoms with Gasteiger partial charge in [0.1, 0.15) is 4.83 Å². The van der Waals surface area contributed by atoms with Crippen LogP contribution in [0.15, 0.2) is 47.3 Å². The van der Waals surface area contributed by atoms with Gasteiger partial charge in [-0.2, -0.15) is 0 Å². The molecule has 4 nitrogen and oxygen atoms in total. The van der Waals surface area contributed by atoms with E-state index in [0.29, 0.717) is 10.2 Å². The molecule has 104 valence electrons. The number of ketones is 1. The first kappa shape index (κ1) is 13.5. The molecule has 0 aliphatic carbocycles. The molecule has 3 aromatic rings. The number of thiophene rings is 1. The minimum absolute atomic E-state index is 0.0709. The zero-order valence-electron chi connectivity index (χ0n) is 11.3. The van der Waals surface area contributed by atoms with Crippen molar-refractivity contribution in [1.82, 2.24) is 9.97 Å². The molecule has 0 saturated carbocycles. The molecule has 0 amide bonds. The Labute approximate surface area is 124 Å². The SMILES string of the molecule is Cc1cc2c(=O)[nH]c(C(=O)/C=C/c3ccccc3)nc2s1. The lowest BCUT2D eigenvalue weighted by Crippen LogP contribution is -2.13. The van der Waals surface area contributed by atoms with Crippen LogP contribution in [0.2, 0.25) is 0 Å². The van der Waals surface area contributed by atoms with E-state index < -0.39 is 0 Å². The van der Waals surface area contributed by atoms with Crippen LogP contribution >= 0.6 is 11.3 Å². The third-order valence-corrected chi connectivity index (χ3v) is 3.93. The second kappa shape index (κ2) is 5.46. The van der Waals surface area contributed by atoms with Gasteiger partial charge < -0.3 is 4.98 Å². The molecule has 0 saturated heterocycles. The number of H-pyrrole nitrogens is 1. The maximum Gasteiger partial charge on any atom is 0.260 e. The van der Waals surface area contributed by atoms with Crippen LogP contribution in [0.4, 0.5) is 0 Å². The van der Waals surface area contributed by atoms with Crippen LogP contribution in [0.25, 0.3) is 16.3 Å². The Morgan fingerprint density at radius 1 is 1.29 bits per heavy atom. The van der Waals surface area contributed by atoms with Crippen molar-refractivity contribution in [2.24, 2.45) is 0 Å². The molecule has 0 atom stereocenters. The summed E-state index contributed by atoms with van der Waals surface area (Å²) in [6, 6.07) is 11.3. The number of rotatable bonds is 3. The lowest BCUT2D eigenvalue weighted by atomic mass is 10.2. The van der Waals surface area contributed by atoms with Crippen LogP contribution in [0.5, 0.6) is 0 Å². The molecule has 0 fully saturated rings. The summed E-state index contributed by atoms with van der Waals surface area (Å²) in [4.78, 5) is 32.4. The number of fused-ring (bicyclic) bond motifs is 1. The number of hydrogen-bond donors (Lipinski definition) is 1. The normalized spacial score (nSPS) is 11.3. The van der Waals surface area contributed by atoms with E-state index in [4.69, 9.17) is 0 Å². The zero-order valence-corrected chi connectivity index (χ0v) is 12.1. The highest BCUT2D eigenvalue weighted by Crippen LogP contribution is 2.19. The number of carbonyl (C=O) groups is 1. The first-order valence-corrected chi connectivity index (χ1v) is 7.23. The van der Waals surface area contributed by atoms with Crippen molar-refractivity contribution < 1.29 is 4.79 Å². The van der Waals surface area contributed by atoms with E-state index >= 15 is 0 Å². The molecule has 0 unspecified atom stereocenters. The number of aromatic nitrogens is 2. The Kier molecular flexibility index (Phi) is 3.50. The van der Waals surface area contributed by atoms with E-state index in [9.17, 15) is 9.59 Å². The largest absolute Gasteiger partial charge is 0.303 e. The van der Waals surface area contributed by atoms with E-state index in [2.05, 4.69) is 9.97 Å². The van der Waals surface area contributed by atoms with Crippen molar-refractivity contribution in [3.8, 4) is 0 Å². The Morgan fingerprint density at radius 2 is 2.05 bits per heavy atom. The average molecular weight is 296 g/mol. The fourth-order valence-electron chi connectivity index (χ4n) is 1.98. The number of aryl methyl sites for hydroxylation is 1. The van der Waals surface area contributed by atoms with Gasteiger partial charge in [0.25, 0.3) is 5.56 Å². The monoisotopic (exact) mass is 296 g/mol. The van der Waals surface area contributed by atoms with Gasteiger partial charge in [-0.1, -0.05) is 36.4 Å². The van der Waals surface area contributed by atoms with Crippen LogP contribution < -0.4 is 5.56 Å². The van der Waals surface area contributed by atoms with Gasteiger partial charge in [0.05, 0.1) is 5.39 Å². The summed E-state index contributed by atoms with van der Waals surface area (Å²) in [6.45, 7) is 1.91. The topological polar surface area (TPSA) is 62.8 Å². The second-order valence-electron chi connectivity index (χ2n) is 4.60. The van der Waals surface area contributed by atoms with Gasteiger partial charge in [0, 0.05) is 4.88 Å². The summed E-state index contributed by atoms with van der Waals surface area (Å²) in [7, 11) is 0. The second-order valence-corrected chi connectivity index (χ2v) is 5.83. The Bertz CT molecular complexity index is 892. The first-order chi connectivity index (χ1) is 10.1. The van der Waals surface area contributed by atoms with E-state index in [1.165, 1.54) is 17.4 Å². The summed E-state index contributed by atoms with van der Waals surface area (Å²) in [5.74, 6) is -0.245.